The van der Waals surface area contributed by atoms with Gasteiger partial charge < -0.3 is 0 Å². The summed E-state index contributed by atoms with van der Waals surface area (Å²) in [7, 11) is -4.92. The van der Waals surface area contributed by atoms with Gasteiger partial charge in [-0.1, -0.05) is 0 Å². The molecule has 9 heteroatoms. The topological polar surface area (TPSA) is 45.2 Å². The second-order valence-electron chi connectivity index (χ2n) is 8.95. The van der Waals surface area contributed by atoms with Crippen LogP contribution in [-0.4, -0.2) is 59.0 Å². The second-order valence-corrected chi connectivity index (χ2v) is 12.9. The molecule has 1 aromatic carbocycles. The third-order valence-corrected chi connectivity index (χ3v) is 12.5. The number of hydrogen-bond donors (Lipinski definition) is 1. The Morgan fingerprint density at radius 2 is 1.38 bits per heavy atom. The van der Waals surface area contributed by atoms with Gasteiger partial charge in [-0.3, -0.25) is 0 Å². The number of alkyl halides is 3. The molecule has 0 amide bonds. The molecule has 3 aliphatic heterocycles. The molecule has 3 saturated heterocycles. The molecule has 29 heavy (non-hydrogen) atoms. The zero-order valence-corrected chi connectivity index (χ0v) is 18.2. The van der Waals surface area contributed by atoms with Crippen molar-refractivity contribution in [1.82, 2.24) is 9.34 Å². The van der Waals surface area contributed by atoms with Gasteiger partial charge in [0.2, 0.25) is 0 Å². The molecule has 0 bridgehead atoms. The summed E-state index contributed by atoms with van der Waals surface area (Å²) in [6.45, 7) is 8.89. The molecule has 5 nitrogen and oxygen atoms in total. The zero-order valence-electron chi connectivity index (χ0n) is 17.3. The van der Waals surface area contributed by atoms with Crippen molar-refractivity contribution in [3.05, 3.63) is 35.9 Å². The summed E-state index contributed by atoms with van der Waals surface area (Å²) >= 11 is 0. The quantitative estimate of drug-likeness (QED) is 0.715. The summed E-state index contributed by atoms with van der Waals surface area (Å²) in [5.74, 6) is 0.123. The minimum absolute atomic E-state index is 0.0615. The van der Waals surface area contributed by atoms with Crippen molar-refractivity contribution < 1.29 is 27.3 Å². The number of nitrogens with zero attached hydrogens (tertiary/aromatic N) is 2. The monoisotopic (exact) mass is 434 g/mol. The molecule has 0 saturated carbocycles. The van der Waals surface area contributed by atoms with Gasteiger partial charge in [0, 0.05) is 0 Å². The van der Waals surface area contributed by atoms with E-state index in [4.69, 9.17) is 9.05 Å². The fourth-order valence-electron chi connectivity index (χ4n) is 5.39. The van der Waals surface area contributed by atoms with Crippen molar-refractivity contribution in [2.75, 3.05) is 26.3 Å². The van der Waals surface area contributed by atoms with E-state index in [1.807, 2.05) is 27.7 Å². The summed E-state index contributed by atoms with van der Waals surface area (Å²) in [6.07, 6.45) is -4.98. The second kappa shape index (κ2) is 6.62. The summed E-state index contributed by atoms with van der Waals surface area (Å²) in [5.41, 5.74) is -0.226. The van der Waals surface area contributed by atoms with E-state index >= 15 is 0 Å². The van der Waals surface area contributed by atoms with Crippen LogP contribution in [0.2, 0.25) is 0 Å². The van der Waals surface area contributed by atoms with Crippen LogP contribution in [0, 0.1) is 11.8 Å². The van der Waals surface area contributed by atoms with Crippen LogP contribution in [0.4, 0.5) is 13.2 Å². The van der Waals surface area contributed by atoms with Crippen LogP contribution in [0.15, 0.2) is 30.3 Å². The minimum atomic E-state index is -4.98. The van der Waals surface area contributed by atoms with Crippen molar-refractivity contribution in [2.24, 2.45) is 11.8 Å². The van der Waals surface area contributed by atoms with E-state index in [2.05, 4.69) is 0 Å². The molecule has 3 atom stereocenters. The van der Waals surface area contributed by atoms with E-state index in [0.717, 1.165) is 0 Å². The molecular weight excluding hydrogens is 404 g/mol. The fraction of sp³-hybridized carbons (Fsp3) is 0.700. The van der Waals surface area contributed by atoms with E-state index in [9.17, 15) is 18.3 Å². The fourth-order valence-corrected chi connectivity index (χ4v) is 11.9. The van der Waals surface area contributed by atoms with E-state index in [1.165, 1.54) is 24.3 Å². The molecule has 3 fully saturated rings. The maximum absolute atomic E-state index is 14.9. The number of halogens is 3. The van der Waals surface area contributed by atoms with Gasteiger partial charge in [-0.05, 0) is 0 Å². The predicted molar refractivity (Wildman–Crippen MR) is 106 cm³/mol. The molecule has 164 valence electrons. The first-order chi connectivity index (χ1) is 13.5. The van der Waals surface area contributed by atoms with Crippen LogP contribution in [0.1, 0.15) is 33.3 Å². The molecule has 3 aliphatic rings. The maximum atomic E-state index is 14.9. The molecule has 1 aromatic rings. The summed E-state index contributed by atoms with van der Waals surface area (Å²) in [4.78, 5) is 0. The Bertz CT molecular complexity index is 744. The van der Waals surface area contributed by atoms with Gasteiger partial charge in [0.25, 0.3) is 0 Å². The van der Waals surface area contributed by atoms with Crippen molar-refractivity contribution >= 4 is 7.36 Å². The van der Waals surface area contributed by atoms with Gasteiger partial charge in [-0.2, -0.15) is 0 Å². The molecule has 4 rings (SSSR count). The van der Waals surface area contributed by atoms with Gasteiger partial charge in [0.05, 0.1) is 0 Å². The van der Waals surface area contributed by atoms with Gasteiger partial charge in [0.15, 0.2) is 0 Å². The Labute approximate surface area is 170 Å². The summed E-state index contributed by atoms with van der Waals surface area (Å²) in [6, 6.07) is 6.82. The first-order valence-electron chi connectivity index (χ1n) is 10.2. The molecule has 0 aromatic heterocycles. The Kier molecular flexibility index (Phi) is 4.90. The van der Waals surface area contributed by atoms with Crippen LogP contribution < -0.4 is 0 Å². The first kappa shape index (κ1) is 21.5. The molecule has 1 spiro atoms. The summed E-state index contributed by atoms with van der Waals surface area (Å²) < 4.78 is 60.9. The molecule has 0 aliphatic carbocycles. The molecular formula is C20H30F3N2O3P. The Hall–Kier alpha value is -0.760. The van der Waals surface area contributed by atoms with Gasteiger partial charge in [-0.25, -0.2) is 0 Å². The number of aliphatic hydroxyl groups is 1. The molecule has 3 heterocycles. The molecule has 1 N–H and O–H groups in total. The van der Waals surface area contributed by atoms with Crippen molar-refractivity contribution in [2.45, 2.75) is 51.3 Å². The third-order valence-electron chi connectivity index (χ3n) is 6.85. The Morgan fingerprint density at radius 1 is 0.931 bits per heavy atom. The summed E-state index contributed by atoms with van der Waals surface area (Å²) in [5, 5.41) is 8.58. The number of rotatable bonds is 4. The standard InChI is InChI=1S/C20H30F3N2O3P/c1-14(2)17-12-27-29(19(26,20(21,22)23)16-8-6-5-7-9-16)24(17)10-11-25(29)18(13-28-29)15(3)4/h5-9,14-15,17-18,26H,10-13H2,1-4H3/t17-,18-,19+/m1/s1. The average molecular weight is 434 g/mol. The third kappa shape index (κ3) is 2.39. The van der Waals surface area contributed by atoms with Crippen molar-refractivity contribution in [3.8, 4) is 0 Å². The number of benzene rings is 1. The average Bonchev–Trinajstić information content (AvgIpc) is 3.26. The normalized spacial score (nSPS) is 32.7. The van der Waals surface area contributed by atoms with Crippen molar-refractivity contribution in [1.29, 1.82) is 0 Å². The van der Waals surface area contributed by atoms with E-state index in [1.54, 1.807) is 15.4 Å². The van der Waals surface area contributed by atoms with E-state index < -0.39 is 18.9 Å². The van der Waals surface area contributed by atoms with Gasteiger partial charge in [0.1, 0.15) is 0 Å². The van der Waals surface area contributed by atoms with Gasteiger partial charge in [-0.15, -0.1) is 0 Å². The molecule has 0 unspecified atom stereocenters. The first-order valence-corrected chi connectivity index (χ1v) is 12.2. The molecule has 0 radical (unpaired) electrons. The van der Waals surface area contributed by atoms with E-state index in [-0.39, 0.29) is 42.7 Å². The van der Waals surface area contributed by atoms with Crippen LogP contribution in [0.5, 0.6) is 0 Å². The van der Waals surface area contributed by atoms with Crippen LogP contribution in [0.3, 0.4) is 0 Å². The van der Waals surface area contributed by atoms with Crippen molar-refractivity contribution in [3.63, 3.8) is 0 Å². The SMILES string of the molecule is CC(C)[C@H]1COP23([C@@](O)(c4ccccc4)C(F)(F)F)OC[C@H](C(C)C)N2CCN13. The van der Waals surface area contributed by atoms with Crippen LogP contribution >= 0.6 is 7.36 Å². The Morgan fingerprint density at radius 3 is 1.76 bits per heavy atom. The van der Waals surface area contributed by atoms with Crippen LogP contribution in [-0.2, 0) is 14.4 Å². The van der Waals surface area contributed by atoms with E-state index in [0.29, 0.717) is 13.1 Å². The van der Waals surface area contributed by atoms with Crippen LogP contribution in [0.25, 0.3) is 0 Å². The Balaban J connectivity index is 2.04. The van der Waals surface area contributed by atoms with Gasteiger partial charge >= 0.3 is 169 Å². The zero-order chi connectivity index (χ0) is 21.3. The predicted octanol–water partition coefficient (Wildman–Crippen LogP) is 4.33. The number of hydrogen-bond acceptors (Lipinski definition) is 5.